The van der Waals surface area contributed by atoms with E-state index in [0.29, 0.717) is 0 Å². The second-order valence-corrected chi connectivity index (χ2v) is 12.2. The van der Waals surface area contributed by atoms with Crippen molar-refractivity contribution in [1.82, 2.24) is 9.55 Å². The summed E-state index contributed by atoms with van der Waals surface area (Å²) in [5.74, 6) is 1.66. The summed E-state index contributed by atoms with van der Waals surface area (Å²) >= 11 is 0. The van der Waals surface area contributed by atoms with Crippen molar-refractivity contribution in [1.29, 1.82) is 0 Å². The molecule has 41 heavy (non-hydrogen) atoms. The van der Waals surface area contributed by atoms with Crippen molar-refractivity contribution in [3.05, 3.63) is 198 Å². The minimum atomic E-state index is -0.768. The van der Waals surface area contributed by atoms with E-state index in [1.807, 2.05) is 48.9 Å². The van der Waals surface area contributed by atoms with E-state index >= 15 is 0 Å². The molecule has 0 saturated heterocycles. The van der Waals surface area contributed by atoms with Gasteiger partial charge in [0.2, 0.25) is 0 Å². The van der Waals surface area contributed by atoms with Gasteiger partial charge in [-0.25, -0.2) is 4.98 Å². The van der Waals surface area contributed by atoms with Crippen molar-refractivity contribution in [3.8, 4) is 0 Å². The zero-order chi connectivity index (χ0) is 28.3. The predicted octanol–water partition coefficient (Wildman–Crippen LogP) is 6.68. The third-order valence-corrected chi connectivity index (χ3v) is 9.87. The van der Waals surface area contributed by atoms with Crippen LogP contribution in [0.1, 0.15) is 27.8 Å². The Bertz CT molecular complexity index is 1570. The van der Waals surface area contributed by atoms with Crippen LogP contribution in [0.3, 0.4) is 0 Å². The van der Waals surface area contributed by atoms with Crippen molar-refractivity contribution in [2.45, 2.75) is 12.1 Å². The Morgan fingerprint density at radius 2 is 1.20 bits per heavy atom. The first-order valence-electron chi connectivity index (χ1n) is 13.9. The molecule has 0 fully saturated rings. The van der Waals surface area contributed by atoms with Crippen LogP contribution in [0.15, 0.2) is 170 Å². The SMILES string of the molecule is Cc1cccc([SiH2]C(c2ccccc2)(c2ccccc2)n2ccnc2)c1.[B]C=C(c1ccccc1)c1ccccc1. The lowest BCUT2D eigenvalue weighted by Crippen LogP contribution is -2.46. The Labute approximate surface area is 247 Å². The average molecular weight is 545 g/mol. The van der Waals surface area contributed by atoms with Crippen LogP contribution in [0.5, 0.6) is 0 Å². The summed E-state index contributed by atoms with van der Waals surface area (Å²) in [5, 5.41) is 1.25. The number of imidazole rings is 1. The fraction of sp³-hybridized carbons (Fsp3) is 0.0541. The summed E-state index contributed by atoms with van der Waals surface area (Å²) in [5.41, 5.74) is 7.30. The molecular formula is C37H33BN2Si. The lowest BCUT2D eigenvalue weighted by atomic mass is 9.92. The van der Waals surface area contributed by atoms with Crippen LogP contribution in [0, 0.1) is 6.92 Å². The predicted molar refractivity (Wildman–Crippen MR) is 176 cm³/mol. The molecule has 0 saturated carbocycles. The van der Waals surface area contributed by atoms with E-state index in [1.54, 1.807) is 5.98 Å². The van der Waals surface area contributed by atoms with Gasteiger partial charge in [-0.15, -0.1) is 5.98 Å². The summed E-state index contributed by atoms with van der Waals surface area (Å²) in [6.45, 7) is 2.17. The minimum Gasteiger partial charge on any atom is -0.326 e. The third kappa shape index (κ3) is 6.56. The van der Waals surface area contributed by atoms with Crippen molar-refractivity contribution in [3.63, 3.8) is 0 Å². The number of hydrogen-bond donors (Lipinski definition) is 0. The molecule has 0 aliphatic rings. The van der Waals surface area contributed by atoms with E-state index in [1.165, 1.54) is 21.9 Å². The minimum absolute atomic E-state index is 0.202. The molecule has 4 heteroatoms. The molecule has 0 amide bonds. The third-order valence-electron chi connectivity index (χ3n) is 7.33. The molecule has 1 heterocycles. The fourth-order valence-corrected chi connectivity index (χ4v) is 7.90. The van der Waals surface area contributed by atoms with Crippen molar-refractivity contribution < 1.29 is 0 Å². The molecule has 6 aromatic rings. The Morgan fingerprint density at radius 3 is 1.63 bits per heavy atom. The summed E-state index contributed by atoms with van der Waals surface area (Å²) in [4.78, 5) is 4.38. The monoisotopic (exact) mass is 544 g/mol. The molecule has 0 unspecified atom stereocenters. The number of hydrogen-bond acceptors (Lipinski definition) is 1. The van der Waals surface area contributed by atoms with Gasteiger partial charge >= 0.3 is 0 Å². The molecule has 0 aliphatic carbocycles. The van der Waals surface area contributed by atoms with Gasteiger partial charge in [0.05, 0.1) is 21.0 Å². The maximum atomic E-state index is 5.67. The molecule has 5 aromatic carbocycles. The maximum Gasteiger partial charge on any atom is 0.103 e. The summed E-state index contributed by atoms with van der Waals surface area (Å²) < 4.78 is 2.30. The highest BCUT2D eigenvalue weighted by Crippen LogP contribution is 2.33. The van der Waals surface area contributed by atoms with Crippen LogP contribution < -0.4 is 5.19 Å². The van der Waals surface area contributed by atoms with E-state index in [4.69, 9.17) is 7.85 Å². The number of benzene rings is 5. The van der Waals surface area contributed by atoms with Gasteiger partial charge in [-0.05, 0) is 34.8 Å². The first-order chi connectivity index (χ1) is 20.2. The zero-order valence-electron chi connectivity index (χ0n) is 23.3. The van der Waals surface area contributed by atoms with Crippen LogP contribution in [0.2, 0.25) is 0 Å². The molecular weight excluding hydrogens is 511 g/mol. The highest BCUT2D eigenvalue weighted by Gasteiger charge is 2.36. The lowest BCUT2D eigenvalue weighted by molar-refractivity contribution is 0.596. The van der Waals surface area contributed by atoms with Gasteiger partial charge in [-0.2, -0.15) is 0 Å². The molecule has 0 bridgehead atoms. The van der Waals surface area contributed by atoms with E-state index in [9.17, 15) is 0 Å². The highest BCUT2D eigenvalue weighted by atomic mass is 28.2. The Morgan fingerprint density at radius 1 is 0.683 bits per heavy atom. The van der Waals surface area contributed by atoms with Crippen molar-refractivity contribution in [2.75, 3.05) is 0 Å². The van der Waals surface area contributed by atoms with E-state index in [-0.39, 0.29) is 5.16 Å². The molecule has 0 spiro atoms. The van der Waals surface area contributed by atoms with Crippen LogP contribution in [0.4, 0.5) is 0 Å². The number of aromatic nitrogens is 2. The Balaban J connectivity index is 0.000000191. The summed E-state index contributed by atoms with van der Waals surface area (Å²) in [7, 11) is 4.91. The molecule has 6 rings (SSSR count). The summed E-state index contributed by atoms with van der Waals surface area (Å²) in [6.07, 6.45) is 5.94. The smallest absolute Gasteiger partial charge is 0.103 e. The largest absolute Gasteiger partial charge is 0.326 e. The van der Waals surface area contributed by atoms with Gasteiger partial charge in [-0.1, -0.05) is 156 Å². The summed E-state index contributed by atoms with van der Waals surface area (Å²) in [6, 6.07) is 51.0. The normalized spacial score (nSPS) is 11.0. The van der Waals surface area contributed by atoms with E-state index in [0.717, 1.165) is 16.7 Å². The topological polar surface area (TPSA) is 17.8 Å². The number of nitrogens with zero attached hydrogens (tertiary/aromatic N) is 2. The fourth-order valence-electron chi connectivity index (χ4n) is 5.38. The van der Waals surface area contributed by atoms with Gasteiger partial charge in [0.1, 0.15) is 7.85 Å². The highest BCUT2D eigenvalue weighted by molar-refractivity contribution is 6.57. The standard InChI is InChI=1S/C23H22N2Si.C14H11B/c1-19-9-8-14-22(17-19)26-23(25-16-15-24-18-25,20-10-4-2-5-11-20)21-12-6-3-7-13-21;15-11-14(12-7-3-1-4-8-12)13-9-5-2-6-10-13/h2-18H,26H2,1H3;1-11H. The van der Waals surface area contributed by atoms with Crippen molar-refractivity contribution in [2.24, 2.45) is 0 Å². The second-order valence-electron chi connectivity index (χ2n) is 10.0. The molecule has 2 radical (unpaired) electrons. The van der Waals surface area contributed by atoms with Gasteiger partial charge < -0.3 is 4.57 Å². The average Bonchev–Trinajstić information content (AvgIpc) is 3.58. The molecule has 2 nitrogen and oxygen atoms in total. The first kappa shape index (κ1) is 27.9. The zero-order valence-corrected chi connectivity index (χ0v) is 24.8. The van der Waals surface area contributed by atoms with Crippen LogP contribution >= 0.6 is 0 Å². The number of aryl methyl sites for hydroxylation is 1. The number of rotatable bonds is 7. The van der Waals surface area contributed by atoms with Crippen LogP contribution in [-0.2, 0) is 5.16 Å². The molecule has 0 N–H and O–H groups in total. The van der Waals surface area contributed by atoms with E-state index in [2.05, 4.69) is 132 Å². The lowest BCUT2D eigenvalue weighted by Gasteiger charge is -2.37. The molecule has 1 aromatic heterocycles. The van der Waals surface area contributed by atoms with Gasteiger partial charge in [0.15, 0.2) is 0 Å². The quantitative estimate of drug-likeness (QED) is 0.205. The molecule has 0 atom stereocenters. The van der Waals surface area contributed by atoms with Gasteiger partial charge in [0, 0.05) is 12.4 Å². The molecule has 198 valence electrons. The Hall–Kier alpha value is -4.67. The van der Waals surface area contributed by atoms with Gasteiger partial charge in [0.25, 0.3) is 0 Å². The van der Waals surface area contributed by atoms with Crippen molar-refractivity contribution >= 4 is 28.1 Å². The van der Waals surface area contributed by atoms with Crippen LogP contribution in [-0.4, -0.2) is 26.9 Å². The second kappa shape index (κ2) is 13.6. The first-order valence-corrected chi connectivity index (χ1v) is 15.3. The van der Waals surface area contributed by atoms with E-state index < -0.39 is 9.52 Å². The maximum absolute atomic E-state index is 5.67. The van der Waals surface area contributed by atoms with Crippen LogP contribution in [0.25, 0.3) is 5.57 Å². The Kier molecular flexibility index (Phi) is 9.25. The molecule has 0 aliphatic heterocycles. The van der Waals surface area contributed by atoms with Gasteiger partial charge in [-0.3, -0.25) is 0 Å².